The van der Waals surface area contributed by atoms with E-state index < -0.39 is 6.04 Å². The lowest BCUT2D eigenvalue weighted by molar-refractivity contribution is -0.134. The lowest BCUT2D eigenvalue weighted by Crippen LogP contribution is -2.49. The van der Waals surface area contributed by atoms with Crippen LogP contribution in [-0.4, -0.2) is 41.0 Å². The van der Waals surface area contributed by atoms with Gasteiger partial charge in [-0.1, -0.05) is 62.4 Å². The minimum Gasteiger partial charge on any atom is -0.395 e. The Hall–Kier alpha value is -2.66. The Balaban J connectivity index is 2.20. The maximum absolute atomic E-state index is 13.2. The van der Waals surface area contributed by atoms with Crippen molar-refractivity contribution in [3.63, 3.8) is 0 Å². The van der Waals surface area contributed by atoms with Crippen LogP contribution in [0.2, 0.25) is 0 Å². The lowest BCUT2D eigenvalue weighted by Gasteiger charge is -2.28. The average molecular weight is 383 g/mol. The zero-order chi connectivity index (χ0) is 20.5. The number of hydrogen-bond acceptors (Lipinski definition) is 3. The summed E-state index contributed by atoms with van der Waals surface area (Å²) in [4.78, 5) is 27.6. The molecular formula is C23H30N2O3. The van der Waals surface area contributed by atoms with E-state index in [1.54, 1.807) is 11.0 Å². The number of benzene rings is 2. The zero-order valence-corrected chi connectivity index (χ0v) is 16.9. The number of rotatable bonds is 9. The summed E-state index contributed by atoms with van der Waals surface area (Å²) < 4.78 is 0. The number of hydrogen-bond donors (Lipinski definition) is 2. The van der Waals surface area contributed by atoms with Gasteiger partial charge in [0.15, 0.2) is 0 Å². The first-order valence-electron chi connectivity index (χ1n) is 9.72. The Kier molecular flexibility index (Phi) is 8.20. The van der Waals surface area contributed by atoms with Crippen molar-refractivity contribution in [2.24, 2.45) is 5.92 Å². The van der Waals surface area contributed by atoms with Crippen LogP contribution in [0.25, 0.3) is 0 Å². The van der Waals surface area contributed by atoms with Crippen molar-refractivity contribution < 1.29 is 14.7 Å². The van der Waals surface area contributed by atoms with Gasteiger partial charge in [0.1, 0.15) is 6.04 Å². The molecule has 1 atom stereocenters. The summed E-state index contributed by atoms with van der Waals surface area (Å²) in [6.45, 7) is 6.42. The third-order valence-corrected chi connectivity index (χ3v) is 4.60. The number of aliphatic hydroxyl groups is 1. The number of carbonyl (C=O) groups excluding carboxylic acids is 2. The molecule has 150 valence electrons. The van der Waals surface area contributed by atoms with Gasteiger partial charge in [0.2, 0.25) is 5.91 Å². The molecule has 0 bridgehead atoms. The molecule has 0 spiro atoms. The Bertz CT molecular complexity index is 774. The average Bonchev–Trinajstić information content (AvgIpc) is 2.67. The Morgan fingerprint density at radius 2 is 1.68 bits per heavy atom. The van der Waals surface area contributed by atoms with Crippen molar-refractivity contribution >= 4 is 11.8 Å². The first-order valence-corrected chi connectivity index (χ1v) is 9.72. The molecule has 0 aromatic heterocycles. The Morgan fingerprint density at radius 3 is 2.29 bits per heavy atom. The van der Waals surface area contributed by atoms with Crippen LogP contribution >= 0.6 is 0 Å². The second-order valence-electron chi connectivity index (χ2n) is 7.44. The second-order valence-corrected chi connectivity index (χ2v) is 7.44. The van der Waals surface area contributed by atoms with Crippen LogP contribution in [0.4, 0.5) is 0 Å². The molecular weight excluding hydrogens is 352 g/mol. The molecule has 0 saturated carbocycles. The number of nitrogens with one attached hydrogen (secondary N) is 1. The van der Waals surface area contributed by atoms with Crippen molar-refractivity contribution in [2.75, 3.05) is 13.2 Å². The van der Waals surface area contributed by atoms with E-state index in [9.17, 15) is 14.7 Å². The molecule has 2 rings (SSSR count). The van der Waals surface area contributed by atoms with Crippen molar-refractivity contribution in [1.29, 1.82) is 0 Å². The molecule has 2 amide bonds. The van der Waals surface area contributed by atoms with Crippen LogP contribution in [0.15, 0.2) is 54.6 Å². The fourth-order valence-electron chi connectivity index (χ4n) is 3.17. The number of aryl methyl sites for hydroxylation is 1. The second kappa shape index (κ2) is 10.6. The summed E-state index contributed by atoms with van der Waals surface area (Å²) in [5.74, 6) is -0.187. The van der Waals surface area contributed by atoms with E-state index in [1.165, 1.54) is 0 Å². The van der Waals surface area contributed by atoms with Crippen molar-refractivity contribution in [1.82, 2.24) is 10.2 Å². The van der Waals surface area contributed by atoms with Crippen LogP contribution in [0, 0.1) is 12.8 Å². The van der Waals surface area contributed by atoms with E-state index in [-0.39, 0.29) is 30.9 Å². The first-order chi connectivity index (χ1) is 13.4. The topological polar surface area (TPSA) is 69.6 Å². The molecule has 1 unspecified atom stereocenters. The lowest BCUT2D eigenvalue weighted by atomic mass is 10.0. The van der Waals surface area contributed by atoms with Crippen LogP contribution in [0.1, 0.15) is 41.8 Å². The van der Waals surface area contributed by atoms with Gasteiger partial charge in [-0.25, -0.2) is 0 Å². The Labute approximate surface area is 167 Å². The predicted octanol–water partition coefficient (Wildman–Crippen LogP) is 3.16. The third-order valence-electron chi connectivity index (χ3n) is 4.60. The standard InChI is InChI=1S/C23H30N2O3/c1-17(2)15-21(24-22(27)20-12-8-7-9-18(20)3)23(28)25(13-14-26)16-19-10-5-4-6-11-19/h4-12,17,21,26H,13-16H2,1-3H3,(H,24,27). The van der Waals surface area contributed by atoms with Crippen LogP contribution in [-0.2, 0) is 11.3 Å². The van der Waals surface area contributed by atoms with Crippen LogP contribution < -0.4 is 5.32 Å². The molecule has 2 aromatic rings. The van der Waals surface area contributed by atoms with E-state index in [0.29, 0.717) is 18.5 Å². The summed E-state index contributed by atoms with van der Waals surface area (Å²) >= 11 is 0. The highest BCUT2D eigenvalue weighted by Crippen LogP contribution is 2.14. The van der Waals surface area contributed by atoms with Crippen molar-refractivity contribution in [3.05, 3.63) is 71.3 Å². The number of aliphatic hydroxyl groups excluding tert-OH is 1. The van der Waals surface area contributed by atoms with Gasteiger partial charge in [-0.15, -0.1) is 0 Å². The summed E-state index contributed by atoms with van der Waals surface area (Å²) in [5, 5.41) is 12.4. The number of nitrogens with zero attached hydrogens (tertiary/aromatic N) is 1. The van der Waals surface area contributed by atoms with Crippen molar-refractivity contribution in [2.45, 2.75) is 39.8 Å². The highest BCUT2D eigenvalue weighted by atomic mass is 16.3. The molecule has 0 aliphatic heterocycles. The van der Waals surface area contributed by atoms with Crippen molar-refractivity contribution in [3.8, 4) is 0 Å². The predicted molar refractivity (Wildman–Crippen MR) is 111 cm³/mol. The van der Waals surface area contributed by atoms with E-state index in [2.05, 4.69) is 5.32 Å². The molecule has 0 heterocycles. The third kappa shape index (κ3) is 6.20. The van der Waals surface area contributed by atoms with Crippen LogP contribution in [0.5, 0.6) is 0 Å². The quantitative estimate of drug-likeness (QED) is 0.700. The largest absolute Gasteiger partial charge is 0.395 e. The number of amides is 2. The number of carbonyl (C=O) groups is 2. The Morgan fingerprint density at radius 1 is 1.04 bits per heavy atom. The fourth-order valence-corrected chi connectivity index (χ4v) is 3.17. The molecule has 5 nitrogen and oxygen atoms in total. The van der Waals surface area contributed by atoms with E-state index in [0.717, 1.165) is 11.1 Å². The summed E-state index contributed by atoms with van der Waals surface area (Å²) in [5.41, 5.74) is 2.42. The van der Waals surface area contributed by atoms with Gasteiger partial charge >= 0.3 is 0 Å². The normalized spacial score (nSPS) is 11.9. The maximum Gasteiger partial charge on any atom is 0.252 e. The van der Waals surface area contributed by atoms with Gasteiger partial charge in [-0.3, -0.25) is 9.59 Å². The van der Waals surface area contributed by atoms with Gasteiger partial charge in [-0.05, 0) is 36.5 Å². The molecule has 0 fully saturated rings. The highest BCUT2D eigenvalue weighted by Gasteiger charge is 2.27. The van der Waals surface area contributed by atoms with Gasteiger partial charge in [0.05, 0.1) is 6.61 Å². The zero-order valence-electron chi connectivity index (χ0n) is 16.9. The fraction of sp³-hybridized carbons (Fsp3) is 0.391. The SMILES string of the molecule is Cc1ccccc1C(=O)NC(CC(C)C)C(=O)N(CCO)Cc1ccccc1. The van der Waals surface area contributed by atoms with Gasteiger partial charge < -0.3 is 15.3 Å². The van der Waals surface area contributed by atoms with E-state index in [1.807, 2.05) is 69.3 Å². The van der Waals surface area contributed by atoms with E-state index in [4.69, 9.17) is 0 Å². The molecule has 0 aliphatic rings. The summed E-state index contributed by atoms with van der Waals surface area (Å²) in [6, 6.07) is 16.3. The summed E-state index contributed by atoms with van der Waals surface area (Å²) in [7, 11) is 0. The molecule has 0 radical (unpaired) electrons. The molecule has 2 aromatic carbocycles. The molecule has 0 saturated heterocycles. The summed E-state index contributed by atoms with van der Waals surface area (Å²) in [6.07, 6.45) is 0.535. The molecule has 5 heteroatoms. The van der Waals surface area contributed by atoms with E-state index >= 15 is 0 Å². The smallest absolute Gasteiger partial charge is 0.252 e. The molecule has 0 aliphatic carbocycles. The minimum absolute atomic E-state index is 0.126. The maximum atomic E-state index is 13.2. The molecule has 2 N–H and O–H groups in total. The molecule has 28 heavy (non-hydrogen) atoms. The first kappa shape index (κ1) is 21.6. The van der Waals surface area contributed by atoms with Gasteiger partial charge in [0.25, 0.3) is 5.91 Å². The highest BCUT2D eigenvalue weighted by molar-refractivity contribution is 5.98. The van der Waals surface area contributed by atoms with Gasteiger partial charge in [-0.2, -0.15) is 0 Å². The minimum atomic E-state index is -0.637. The monoisotopic (exact) mass is 382 g/mol. The van der Waals surface area contributed by atoms with Gasteiger partial charge in [0, 0.05) is 18.7 Å². The van der Waals surface area contributed by atoms with Crippen LogP contribution in [0.3, 0.4) is 0 Å².